The van der Waals surface area contributed by atoms with Crippen molar-refractivity contribution in [2.75, 3.05) is 57.5 Å². The van der Waals surface area contributed by atoms with Crippen LogP contribution in [-0.2, 0) is 38.2 Å². The number of likely N-dealkylation sites (N-methyl/N-ethyl adjacent to an activating group) is 2. The van der Waals surface area contributed by atoms with E-state index >= 15 is 0 Å². The summed E-state index contributed by atoms with van der Waals surface area (Å²) < 4.78 is 15.4. The summed E-state index contributed by atoms with van der Waals surface area (Å²) in [6.07, 6.45) is 1.24. The van der Waals surface area contributed by atoms with Gasteiger partial charge in [-0.3, -0.25) is 19.3 Å². The molecular weight excluding hydrogens is 622 g/mol. The van der Waals surface area contributed by atoms with Crippen molar-refractivity contribution >= 4 is 65.4 Å². The summed E-state index contributed by atoms with van der Waals surface area (Å²) in [6.45, 7) is 8.13. The summed E-state index contributed by atoms with van der Waals surface area (Å²) in [5, 5.41) is 16.6. The van der Waals surface area contributed by atoms with Gasteiger partial charge in [0.1, 0.15) is 36.9 Å². The van der Waals surface area contributed by atoms with Gasteiger partial charge in [-0.2, -0.15) is 11.8 Å². The molecule has 0 radical (unpaired) electrons. The van der Waals surface area contributed by atoms with E-state index in [1.807, 2.05) is 0 Å². The van der Waals surface area contributed by atoms with Gasteiger partial charge in [-0.1, -0.05) is 12.7 Å². The van der Waals surface area contributed by atoms with Gasteiger partial charge in [0.15, 0.2) is 0 Å². The van der Waals surface area contributed by atoms with Gasteiger partial charge in [0.2, 0.25) is 17.7 Å². The fourth-order valence-electron chi connectivity index (χ4n) is 3.01. The van der Waals surface area contributed by atoms with Crippen LogP contribution in [0.25, 0.3) is 0 Å². The molecule has 18 heteroatoms. The Kier molecular flexibility index (Phi) is 18.6. The van der Waals surface area contributed by atoms with E-state index in [9.17, 15) is 38.7 Å². The number of carboxylic acid groups (broad SMARTS) is 1. The first-order valence-electron chi connectivity index (χ1n) is 13.2. The normalized spacial score (nSPS) is 12.8. The fraction of sp³-hybridized carbons (Fsp3) is 0.654. The lowest BCUT2D eigenvalue weighted by molar-refractivity contribution is -0.150. The Morgan fingerprint density at radius 2 is 1.61 bits per heavy atom. The number of thioether (sulfide) groups is 2. The molecule has 0 rings (SSSR count). The number of carbonyl (C=O) groups is 7. The van der Waals surface area contributed by atoms with Crippen molar-refractivity contribution in [2.45, 2.75) is 51.4 Å². The Hall–Kier alpha value is -3.67. The number of carboxylic acids is 1. The Balaban J connectivity index is 5.58. The molecule has 16 nitrogen and oxygen atoms in total. The number of rotatable bonds is 18. The predicted molar refractivity (Wildman–Crippen MR) is 164 cm³/mol. The summed E-state index contributed by atoms with van der Waals surface area (Å²) in [5.74, 6) is -3.96. The second-order valence-electron chi connectivity index (χ2n) is 10.1. The molecule has 0 unspecified atom stereocenters. The number of nitrogens with zero attached hydrogens (tertiary/aromatic N) is 2. The van der Waals surface area contributed by atoms with E-state index in [0.29, 0.717) is 0 Å². The Morgan fingerprint density at radius 1 is 0.977 bits per heavy atom. The molecule has 0 aliphatic rings. The molecule has 0 saturated heterocycles. The zero-order chi connectivity index (χ0) is 34.0. The first-order chi connectivity index (χ1) is 20.4. The number of aliphatic carboxylic acids is 1. The lowest BCUT2D eigenvalue weighted by Crippen LogP contribution is -2.54. The minimum Gasteiger partial charge on any atom is -0.480 e. The number of amides is 5. The molecule has 0 spiro atoms. The highest BCUT2D eigenvalue weighted by Crippen LogP contribution is 2.11. The summed E-state index contributed by atoms with van der Waals surface area (Å²) >= 11 is 2.33. The van der Waals surface area contributed by atoms with Crippen molar-refractivity contribution in [3.05, 3.63) is 12.7 Å². The van der Waals surface area contributed by atoms with Crippen molar-refractivity contribution in [3.63, 3.8) is 0 Å². The molecule has 0 bridgehead atoms. The fourth-order valence-corrected chi connectivity index (χ4v) is 4.69. The summed E-state index contributed by atoms with van der Waals surface area (Å²) in [5.41, 5.74) is -0.928. The molecule has 250 valence electrons. The summed E-state index contributed by atoms with van der Waals surface area (Å²) in [6, 6.07) is -3.89. The molecule has 0 aliphatic carbocycles. The van der Waals surface area contributed by atoms with E-state index in [1.165, 1.54) is 38.9 Å². The maximum absolute atomic E-state index is 13.0. The number of esters is 1. The van der Waals surface area contributed by atoms with Gasteiger partial charge in [0.25, 0.3) is 0 Å². The summed E-state index contributed by atoms with van der Waals surface area (Å²) in [7, 11) is 2.58. The largest absolute Gasteiger partial charge is 0.480 e. The third-order valence-corrected chi connectivity index (χ3v) is 6.88. The van der Waals surface area contributed by atoms with Crippen LogP contribution in [-0.4, -0.2) is 138 Å². The molecule has 3 atom stereocenters. The molecule has 0 aromatic carbocycles. The van der Waals surface area contributed by atoms with Crippen LogP contribution in [0.15, 0.2) is 12.7 Å². The van der Waals surface area contributed by atoms with Crippen molar-refractivity contribution in [1.29, 1.82) is 0 Å². The SMILES string of the molecule is C=CCOC(=O)N(C)[C@@H](CSC)C(=O)OC[C@@H](NC(=O)OC(C)(C)C)C(=O)NCC(=O)N(C)[C@@H](CSCNC(C)=O)C(=O)O. The highest BCUT2D eigenvalue weighted by atomic mass is 32.2. The quantitative estimate of drug-likeness (QED) is 0.0510. The van der Waals surface area contributed by atoms with E-state index < -0.39 is 72.8 Å². The second kappa shape index (κ2) is 20.3. The molecule has 0 aromatic rings. The molecule has 0 aromatic heterocycles. The van der Waals surface area contributed by atoms with E-state index in [1.54, 1.807) is 27.0 Å². The molecular formula is C26H43N5O11S2. The zero-order valence-electron chi connectivity index (χ0n) is 26.0. The van der Waals surface area contributed by atoms with Gasteiger partial charge < -0.3 is 40.2 Å². The first kappa shape index (κ1) is 40.3. The first-order valence-corrected chi connectivity index (χ1v) is 15.7. The minimum atomic E-state index is -1.52. The molecule has 44 heavy (non-hydrogen) atoms. The maximum atomic E-state index is 13.0. The van der Waals surface area contributed by atoms with Gasteiger partial charge in [0, 0.05) is 32.5 Å². The molecule has 0 aliphatic heterocycles. The van der Waals surface area contributed by atoms with Crippen LogP contribution in [0.2, 0.25) is 0 Å². The number of nitrogens with one attached hydrogen (secondary N) is 3. The Bertz CT molecular complexity index is 1040. The standard InChI is InChI=1S/C26H43N5O11S2/c1-9-10-40-25(39)31(7)19(13-43-8)23(37)41-12-17(29-24(38)42-26(3,4)5)21(34)27-11-20(33)30(6)18(22(35)36)14-44-15-28-16(2)32/h9,17-19H,1,10-15H2,2-8H3,(H,27,34)(H,28,32)(H,29,38)(H,35,36)/t17-,18+,19+/m1/s1. The lowest BCUT2D eigenvalue weighted by Gasteiger charge is -2.27. The number of hydrogen-bond donors (Lipinski definition) is 4. The van der Waals surface area contributed by atoms with Crippen LogP contribution >= 0.6 is 23.5 Å². The van der Waals surface area contributed by atoms with Gasteiger partial charge in [-0.05, 0) is 27.0 Å². The van der Waals surface area contributed by atoms with Crippen LogP contribution in [0.3, 0.4) is 0 Å². The van der Waals surface area contributed by atoms with Crippen LogP contribution in [0, 0.1) is 0 Å². The average molecular weight is 666 g/mol. The lowest BCUT2D eigenvalue weighted by atomic mass is 10.2. The van der Waals surface area contributed by atoms with Crippen LogP contribution in [0.4, 0.5) is 9.59 Å². The second-order valence-corrected chi connectivity index (χ2v) is 12.0. The van der Waals surface area contributed by atoms with Gasteiger partial charge in [-0.15, -0.1) is 11.8 Å². The number of carbonyl (C=O) groups excluding carboxylic acids is 6. The number of hydrogen-bond acceptors (Lipinski definition) is 12. The van der Waals surface area contributed by atoms with E-state index in [0.717, 1.165) is 21.6 Å². The molecule has 0 heterocycles. The topological polar surface area (TPSA) is 210 Å². The molecule has 5 amide bonds. The highest BCUT2D eigenvalue weighted by Gasteiger charge is 2.32. The van der Waals surface area contributed by atoms with E-state index in [2.05, 4.69) is 22.5 Å². The maximum Gasteiger partial charge on any atom is 0.410 e. The minimum absolute atomic E-state index is 0.0443. The van der Waals surface area contributed by atoms with E-state index in [-0.39, 0.29) is 29.9 Å². The Labute approximate surface area is 265 Å². The third-order valence-electron chi connectivity index (χ3n) is 5.34. The monoisotopic (exact) mass is 665 g/mol. The number of ether oxygens (including phenoxy) is 3. The van der Waals surface area contributed by atoms with Crippen molar-refractivity contribution in [2.24, 2.45) is 0 Å². The van der Waals surface area contributed by atoms with Crippen molar-refractivity contribution in [1.82, 2.24) is 25.8 Å². The van der Waals surface area contributed by atoms with Gasteiger partial charge in [0.05, 0.1) is 12.4 Å². The zero-order valence-corrected chi connectivity index (χ0v) is 27.6. The van der Waals surface area contributed by atoms with E-state index in [4.69, 9.17) is 14.2 Å². The average Bonchev–Trinajstić information content (AvgIpc) is 2.92. The Morgan fingerprint density at radius 3 is 2.14 bits per heavy atom. The van der Waals surface area contributed by atoms with Crippen LogP contribution in [0.1, 0.15) is 27.7 Å². The molecule has 4 N–H and O–H groups in total. The van der Waals surface area contributed by atoms with Crippen molar-refractivity contribution in [3.8, 4) is 0 Å². The highest BCUT2D eigenvalue weighted by molar-refractivity contribution is 7.99. The van der Waals surface area contributed by atoms with Gasteiger partial charge >= 0.3 is 24.1 Å². The van der Waals surface area contributed by atoms with Crippen molar-refractivity contribution < 1.29 is 52.9 Å². The van der Waals surface area contributed by atoms with Crippen LogP contribution in [0.5, 0.6) is 0 Å². The summed E-state index contributed by atoms with van der Waals surface area (Å²) in [4.78, 5) is 88.0. The number of alkyl carbamates (subject to hydrolysis) is 1. The van der Waals surface area contributed by atoms with Gasteiger partial charge in [-0.25, -0.2) is 19.2 Å². The van der Waals surface area contributed by atoms with Crippen LogP contribution < -0.4 is 16.0 Å². The predicted octanol–water partition coefficient (Wildman–Crippen LogP) is 0.264. The molecule has 0 saturated carbocycles. The smallest absolute Gasteiger partial charge is 0.410 e. The third kappa shape index (κ3) is 16.3. The molecule has 0 fully saturated rings.